The first kappa shape index (κ1) is 21.6. The van der Waals surface area contributed by atoms with E-state index in [-0.39, 0.29) is 0 Å². The summed E-state index contributed by atoms with van der Waals surface area (Å²) in [5.74, 6) is 3.41. The number of aryl methyl sites for hydroxylation is 1. The molecule has 2 aliphatic rings. The van der Waals surface area contributed by atoms with Crippen LogP contribution in [0.5, 0.6) is 0 Å². The van der Waals surface area contributed by atoms with E-state index >= 15 is 0 Å². The smallest absolute Gasteiger partial charge is 0.158 e. The van der Waals surface area contributed by atoms with Gasteiger partial charge in [0, 0.05) is 30.4 Å². The van der Waals surface area contributed by atoms with Crippen molar-refractivity contribution in [3.63, 3.8) is 0 Å². The second kappa shape index (κ2) is 8.40. The topological polar surface area (TPSA) is 62.1 Å². The molecule has 4 aromatic heterocycles. The molecule has 0 spiro atoms. The first-order valence-corrected chi connectivity index (χ1v) is 13.1. The molecule has 0 radical (unpaired) electrons. The van der Waals surface area contributed by atoms with Crippen molar-refractivity contribution in [2.75, 3.05) is 18.0 Å². The van der Waals surface area contributed by atoms with Crippen LogP contribution in [0.4, 0.5) is 5.82 Å². The Morgan fingerprint density at radius 3 is 2.50 bits per heavy atom. The number of pyridine rings is 2. The Morgan fingerprint density at radius 1 is 1.03 bits per heavy atom. The van der Waals surface area contributed by atoms with Gasteiger partial charge in [-0.2, -0.15) is 5.10 Å². The second-order valence-electron chi connectivity index (χ2n) is 10.9. The van der Waals surface area contributed by atoms with Crippen LogP contribution in [0.3, 0.4) is 0 Å². The van der Waals surface area contributed by atoms with E-state index in [2.05, 4.69) is 66.0 Å². The Kier molecular flexibility index (Phi) is 5.34. The third-order valence-electron chi connectivity index (χ3n) is 8.47. The van der Waals surface area contributed by atoms with Crippen LogP contribution in [0.1, 0.15) is 75.0 Å². The van der Waals surface area contributed by atoms with Crippen LogP contribution in [0, 0.1) is 25.7 Å². The molecule has 0 aromatic carbocycles. The van der Waals surface area contributed by atoms with Crippen molar-refractivity contribution in [3.05, 3.63) is 41.3 Å². The highest BCUT2D eigenvalue weighted by Gasteiger charge is 2.27. The fourth-order valence-electron chi connectivity index (χ4n) is 6.08. The van der Waals surface area contributed by atoms with Crippen LogP contribution in [-0.2, 0) is 0 Å². The van der Waals surface area contributed by atoms with Crippen molar-refractivity contribution in [1.82, 2.24) is 24.6 Å². The molecular formula is C28H36N6. The molecule has 5 heterocycles. The number of aromatic amines is 1. The van der Waals surface area contributed by atoms with Gasteiger partial charge in [-0.05, 0) is 74.1 Å². The lowest BCUT2D eigenvalue weighted by molar-refractivity contribution is 0.227. The summed E-state index contributed by atoms with van der Waals surface area (Å²) >= 11 is 0. The Labute approximate surface area is 201 Å². The quantitative estimate of drug-likeness (QED) is 0.376. The third kappa shape index (κ3) is 3.58. The Morgan fingerprint density at radius 2 is 1.79 bits per heavy atom. The number of nitrogens with one attached hydrogen (secondary N) is 1. The van der Waals surface area contributed by atoms with E-state index < -0.39 is 0 Å². The zero-order valence-corrected chi connectivity index (χ0v) is 20.9. The molecule has 34 heavy (non-hydrogen) atoms. The highest BCUT2D eigenvalue weighted by Crippen LogP contribution is 2.39. The zero-order valence-electron chi connectivity index (χ0n) is 20.9. The fraction of sp³-hybridized carbons (Fsp3) is 0.536. The van der Waals surface area contributed by atoms with Gasteiger partial charge in [-0.15, -0.1) is 0 Å². The van der Waals surface area contributed by atoms with Crippen molar-refractivity contribution < 1.29 is 0 Å². The van der Waals surface area contributed by atoms with Crippen molar-refractivity contribution >= 4 is 22.5 Å². The summed E-state index contributed by atoms with van der Waals surface area (Å²) in [6.45, 7) is 11.1. The van der Waals surface area contributed by atoms with Crippen molar-refractivity contribution in [2.45, 2.75) is 72.1 Å². The van der Waals surface area contributed by atoms with E-state index in [0.29, 0.717) is 5.92 Å². The molecule has 178 valence electrons. The second-order valence-corrected chi connectivity index (χ2v) is 10.9. The molecule has 6 rings (SSSR count). The molecule has 1 saturated heterocycles. The maximum Gasteiger partial charge on any atom is 0.158 e. The van der Waals surface area contributed by atoms with Crippen LogP contribution in [0.15, 0.2) is 24.7 Å². The molecule has 2 fully saturated rings. The average Bonchev–Trinajstić information content (AvgIpc) is 3.43. The zero-order chi connectivity index (χ0) is 23.4. The number of H-pyrrole nitrogens is 1. The van der Waals surface area contributed by atoms with E-state index in [1.165, 1.54) is 60.8 Å². The van der Waals surface area contributed by atoms with Gasteiger partial charge in [0.05, 0.1) is 16.7 Å². The molecule has 0 bridgehead atoms. The van der Waals surface area contributed by atoms with Gasteiger partial charge in [0.25, 0.3) is 0 Å². The summed E-state index contributed by atoms with van der Waals surface area (Å²) in [5, 5.41) is 4.41. The number of hydrogen-bond donors (Lipinski definition) is 1. The molecule has 0 unspecified atom stereocenters. The third-order valence-corrected chi connectivity index (χ3v) is 8.47. The van der Waals surface area contributed by atoms with Gasteiger partial charge in [0.1, 0.15) is 12.1 Å². The molecule has 4 aromatic rings. The van der Waals surface area contributed by atoms with Gasteiger partial charge in [0.15, 0.2) is 5.65 Å². The van der Waals surface area contributed by atoms with E-state index in [0.717, 1.165) is 53.1 Å². The summed E-state index contributed by atoms with van der Waals surface area (Å²) in [6.07, 6.45) is 12.2. The van der Waals surface area contributed by atoms with Crippen molar-refractivity contribution in [1.29, 1.82) is 0 Å². The van der Waals surface area contributed by atoms with Gasteiger partial charge in [-0.1, -0.05) is 33.1 Å². The minimum absolute atomic E-state index is 0.353. The van der Waals surface area contributed by atoms with Gasteiger partial charge < -0.3 is 9.88 Å². The molecule has 6 nitrogen and oxygen atoms in total. The normalized spacial score (nSPS) is 17.9. The van der Waals surface area contributed by atoms with Gasteiger partial charge >= 0.3 is 0 Å². The van der Waals surface area contributed by atoms with Crippen LogP contribution in [0.25, 0.3) is 27.9 Å². The highest BCUT2D eigenvalue weighted by molar-refractivity contribution is 5.90. The number of nitrogens with zero attached hydrogens (tertiary/aromatic N) is 5. The van der Waals surface area contributed by atoms with Crippen molar-refractivity contribution in [3.8, 4) is 11.3 Å². The fourth-order valence-corrected chi connectivity index (χ4v) is 6.08. The van der Waals surface area contributed by atoms with E-state index in [1.807, 2.05) is 4.52 Å². The van der Waals surface area contributed by atoms with Crippen LogP contribution in [0.2, 0.25) is 0 Å². The minimum atomic E-state index is 0.353. The number of fused-ring (bicyclic) bond motifs is 2. The number of hydrogen-bond acceptors (Lipinski definition) is 4. The summed E-state index contributed by atoms with van der Waals surface area (Å²) in [5.41, 5.74) is 9.17. The summed E-state index contributed by atoms with van der Waals surface area (Å²) in [7, 11) is 0. The summed E-state index contributed by atoms with van der Waals surface area (Å²) < 4.78 is 1.89. The number of rotatable bonds is 5. The molecule has 0 amide bonds. The average molecular weight is 457 g/mol. The first-order valence-electron chi connectivity index (χ1n) is 13.1. The number of piperidine rings is 1. The van der Waals surface area contributed by atoms with Crippen LogP contribution < -0.4 is 4.90 Å². The largest absolute Gasteiger partial charge is 0.357 e. The van der Waals surface area contributed by atoms with Gasteiger partial charge in [0.2, 0.25) is 0 Å². The minimum Gasteiger partial charge on any atom is -0.357 e. The Bertz CT molecular complexity index is 1330. The molecule has 6 heteroatoms. The van der Waals surface area contributed by atoms with Crippen LogP contribution >= 0.6 is 0 Å². The lowest BCUT2D eigenvalue weighted by Crippen LogP contribution is -2.35. The SMILES string of the molecule is Cc1c(-c2[nH]c3ccc(N4CCC(CC5CCC5)CC4)nc3c2C(C)C)cn2ncnc2c1C. The predicted octanol–water partition coefficient (Wildman–Crippen LogP) is 6.42. The first-order chi connectivity index (χ1) is 16.5. The summed E-state index contributed by atoms with van der Waals surface area (Å²) in [4.78, 5) is 15.9. The molecule has 1 N–H and O–H groups in total. The van der Waals surface area contributed by atoms with E-state index in [4.69, 9.17) is 4.98 Å². The Balaban J connectivity index is 1.35. The lowest BCUT2D eigenvalue weighted by Gasteiger charge is -2.36. The summed E-state index contributed by atoms with van der Waals surface area (Å²) in [6, 6.07) is 4.43. The molecule has 0 atom stereocenters. The molecular weight excluding hydrogens is 420 g/mol. The van der Waals surface area contributed by atoms with E-state index in [9.17, 15) is 0 Å². The molecule has 1 aliphatic carbocycles. The number of aromatic nitrogens is 5. The Hall–Kier alpha value is -2.89. The standard InChI is InChI=1S/C28H36N6/c1-17(2)25-26(22-15-34-28(29-16-30-34)19(4)18(22)3)31-23-8-9-24(32-27(23)25)33-12-10-21(11-13-33)14-20-6-5-7-20/h8-9,15-17,20-21,31H,5-7,10-14H2,1-4H3. The molecule has 1 saturated carbocycles. The van der Waals surface area contributed by atoms with E-state index in [1.54, 1.807) is 6.33 Å². The molecule has 1 aliphatic heterocycles. The lowest BCUT2D eigenvalue weighted by atomic mass is 9.76. The maximum absolute atomic E-state index is 5.24. The monoisotopic (exact) mass is 456 g/mol. The highest BCUT2D eigenvalue weighted by atomic mass is 15.3. The van der Waals surface area contributed by atoms with Gasteiger partial charge in [-0.25, -0.2) is 14.5 Å². The van der Waals surface area contributed by atoms with Crippen LogP contribution in [-0.4, -0.2) is 37.7 Å². The number of anilines is 1. The predicted molar refractivity (Wildman–Crippen MR) is 139 cm³/mol. The van der Waals surface area contributed by atoms with Gasteiger partial charge in [-0.3, -0.25) is 0 Å². The maximum atomic E-state index is 5.24. The van der Waals surface area contributed by atoms with Crippen molar-refractivity contribution in [2.24, 2.45) is 11.8 Å².